The minimum absolute atomic E-state index is 0.132. The minimum atomic E-state index is -1.79. The van der Waals surface area contributed by atoms with Crippen LogP contribution in [0.3, 0.4) is 0 Å². The fourth-order valence-electron chi connectivity index (χ4n) is 5.50. The minimum Gasteiger partial charge on any atom is -0.484 e. The molecule has 5 atom stereocenters. The van der Waals surface area contributed by atoms with Crippen molar-refractivity contribution in [3.05, 3.63) is 102 Å². The molecule has 0 spiro atoms. The van der Waals surface area contributed by atoms with Gasteiger partial charge in [-0.15, -0.1) is 5.10 Å². The maximum Gasteiger partial charge on any atom is 0.331 e. The Morgan fingerprint density at radius 3 is 2.18 bits per heavy atom. The molecule has 0 aliphatic carbocycles. The number of nitrogens with one attached hydrogen (secondary N) is 1. The molecule has 6 rings (SSSR count). The van der Waals surface area contributed by atoms with Gasteiger partial charge in [-0.2, -0.15) is 0 Å². The topological polar surface area (TPSA) is 146 Å². The highest BCUT2D eigenvalue weighted by molar-refractivity contribution is 8.00. The summed E-state index contributed by atoms with van der Waals surface area (Å²) in [6.07, 6.45) is -0.769. The van der Waals surface area contributed by atoms with Crippen molar-refractivity contribution >= 4 is 40.3 Å². The van der Waals surface area contributed by atoms with Crippen LogP contribution in [0, 0.1) is 0 Å². The molecule has 3 heterocycles. The number of nitrogens with zero attached hydrogens (tertiary/aromatic N) is 5. The Labute approximate surface area is 265 Å². The number of esters is 1. The molecular formula is C31H30N6O6S2. The van der Waals surface area contributed by atoms with E-state index in [1.54, 1.807) is 38.2 Å². The molecule has 1 aromatic heterocycles. The summed E-state index contributed by atoms with van der Waals surface area (Å²) in [7, 11) is -0.121. The van der Waals surface area contributed by atoms with Crippen LogP contribution in [0.25, 0.3) is 0 Å². The van der Waals surface area contributed by atoms with E-state index in [0.29, 0.717) is 10.9 Å². The molecule has 1 unspecified atom stereocenters. The number of aromatic nitrogens is 4. The first kappa shape index (κ1) is 30.5. The number of fused-ring (bicyclic) bond motifs is 1. The normalized spacial score (nSPS) is 23.7. The second-order valence-electron chi connectivity index (χ2n) is 10.8. The quantitative estimate of drug-likeness (QED) is 0.146. The number of β-lactam (4-membered cyclic amide) rings is 1. The lowest BCUT2D eigenvalue weighted by Gasteiger charge is -2.43. The number of ether oxygens (including phenoxy) is 2. The van der Waals surface area contributed by atoms with E-state index in [0.717, 1.165) is 11.1 Å². The molecule has 3 aromatic carbocycles. The van der Waals surface area contributed by atoms with Crippen LogP contribution in [0.2, 0.25) is 0 Å². The van der Waals surface area contributed by atoms with Crippen LogP contribution in [-0.2, 0) is 37.0 Å². The summed E-state index contributed by atoms with van der Waals surface area (Å²) in [5, 5.41) is 13.7. The predicted molar refractivity (Wildman–Crippen MR) is 165 cm³/mol. The number of carbonyl (C=O) groups excluding carboxylic acids is 3. The van der Waals surface area contributed by atoms with Crippen LogP contribution in [0.15, 0.2) is 96.2 Å². The molecule has 0 radical (unpaired) electrons. The number of aryl methyl sites for hydroxylation is 1. The van der Waals surface area contributed by atoms with Gasteiger partial charge in [-0.3, -0.25) is 13.8 Å². The number of hydrogen-bond acceptors (Lipinski definition) is 10. The van der Waals surface area contributed by atoms with Gasteiger partial charge in [-0.25, -0.2) is 9.48 Å². The highest BCUT2D eigenvalue weighted by Gasteiger charge is 2.70. The molecule has 2 fully saturated rings. The Balaban J connectivity index is 1.26. The van der Waals surface area contributed by atoms with Gasteiger partial charge >= 0.3 is 5.97 Å². The van der Waals surface area contributed by atoms with Gasteiger partial charge in [0, 0.05) is 12.8 Å². The van der Waals surface area contributed by atoms with E-state index < -0.39 is 56.9 Å². The fraction of sp³-hybridized carbons (Fsp3) is 0.290. The summed E-state index contributed by atoms with van der Waals surface area (Å²) in [6, 6.07) is 25.1. The first-order chi connectivity index (χ1) is 21.8. The first-order valence-electron chi connectivity index (χ1n) is 14.1. The largest absolute Gasteiger partial charge is 0.484 e. The average molecular weight is 647 g/mol. The van der Waals surface area contributed by atoms with Crippen molar-refractivity contribution in [1.82, 2.24) is 30.4 Å². The van der Waals surface area contributed by atoms with E-state index in [1.165, 1.54) is 21.3 Å². The van der Waals surface area contributed by atoms with E-state index in [1.807, 2.05) is 66.7 Å². The Bertz CT molecular complexity index is 1670. The van der Waals surface area contributed by atoms with Gasteiger partial charge in [-0.1, -0.05) is 90.6 Å². The number of carbonyl (C=O) groups is 3. The van der Waals surface area contributed by atoms with Gasteiger partial charge < -0.3 is 19.7 Å². The molecule has 1 N–H and O–H groups in total. The fourth-order valence-corrected chi connectivity index (χ4v) is 8.87. The van der Waals surface area contributed by atoms with Crippen molar-refractivity contribution in [1.29, 1.82) is 0 Å². The number of benzene rings is 3. The van der Waals surface area contributed by atoms with Crippen molar-refractivity contribution in [3.63, 3.8) is 0 Å². The van der Waals surface area contributed by atoms with Crippen LogP contribution in [0.4, 0.5) is 0 Å². The van der Waals surface area contributed by atoms with Crippen LogP contribution in [0.1, 0.15) is 24.2 Å². The lowest BCUT2D eigenvalue weighted by molar-refractivity contribution is -0.166. The average Bonchev–Trinajstić information content (AvgIpc) is 3.57. The molecule has 0 bridgehead atoms. The molecule has 2 aliphatic heterocycles. The van der Waals surface area contributed by atoms with E-state index in [2.05, 4.69) is 20.8 Å². The molecule has 2 saturated heterocycles. The summed E-state index contributed by atoms with van der Waals surface area (Å²) in [5.41, 5.74) is 1.49. The zero-order chi connectivity index (χ0) is 31.6. The van der Waals surface area contributed by atoms with Crippen LogP contribution in [0.5, 0.6) is 5.75 Å². The van der Waals surface area contributed by atoms with E-state index in [9.17, 15) is 18.6 Å². The second kappa shape index (κ2) is 12.8. The smallest absolute Gasteiger partial charge is 0.331 e. The zero-order valence-corrected chi connectivity index (χ0v) is 26.0. The van der Waals surface area contributed by atoms with Crippen molar-refractivity contribution in [2.45, 2.75) is 40.4 Å². The molecule has 2 aliphatic rings. The summed E-state index contributed by atoms with van der Waals surface area (Å²) in [6.45, 7) is 1.36. The third-order valence-electron chi connectivity index (χ3n) is 7.78. The number of thioether (sulfide) groups is 1. The van der Waals surface area contributed by atoms with Crippen molar-refractivity contribution in [2.24, 2.45) is 7.05 Å². The Kier molecular flexibility index (Phi) is 8.67. The van der Waals surface area contributed by atoms with Gasteiger partial charge in [0.05, 0.1) is 15.5 Å². The van der Waals surface area contributed by atoms with Crippen molar-refractivity contribution in [2.75, 3.05) is 12.4 Å². The van der Waals surface area contributed by atoms with Crippen LogP contribution >= 0.6 is 11.8 Å². The molecule has 4 aromatic rings. The molecule has 232 valence electrons. The van der Waals surface area contributed by atoms with Crippen LogP contribution < -0.4 is 10.1 Å². The van der Waals surface area contributed by atoms with Crippen molar-refractivity contribution < 1.29 is 28.1 Å². The van der Waals surface area contributed by atoms with Gasteiger partial charge in [0.2, 0.25) is 11.1 Å². The standard InChI is InChI=1S/C31H30N6O6S2/c1-31(19-44-30-33-34-35-36(30)2)26(29(40)43-25(20-12-6-3-7-13-20)21-14-8-4-9-15-21)37-27(39)24(28(37)45(31)41)32-23(38)18-42-22-16-10-5-11-17-22/h3-17,24-26,28H,18-19H2,1-2H3,(H,32,38)/t24-,26+,28-,31+,45?/m1/s1. The highest BCUT2D eigenvalue weighted by atomic mass is 32.2. The van der Waals surface area contributed by atoms with Gasteiger partial charge in [0.15, 0.2) is 12.7 Å². The number of para-hydroxylation sites is 1. The molecule has 12 nitrogen and oxygen atoms in total. The highest BCUT2D eigenvalue weighted by Crippen LogP contribution is 2.46. The molecule has 14 heteroatoms. The number of amides is 2. The van der Waals surface area contributed by atoms with E-state index >= 15 is 0 Å². The molecule has 0 saturated carbocycles. The summed E-state index contributed by atoms with van der Waals surface area (Å²) < 4.78 is 26.1. The third-order valence-corrected chi connectivity index (χ3v) is 11.5. The second-order valence-corrected chi connectivity index (χ2v) is 13.8. The predicted octanol–water partition coefficient (Wildman–Crippen LogP) is 2.26. The van der Waals surface area contributed by atoms with Gasteiger partial charge in [0.25, 0.3) is 5.91 Å². The Hall–Kier alpha value is -4.56. The van der Waals surface area contributed by atoms with Gasteiger partial charge in [-0.05, 0) is 40.6 Å². The number of tetrazole rings is 1. The lowest BCUT2D eigenvalue weighted by Crippen LogP contribution is -2.72. The Morgan fingerprint density at radius 1 is 1.00 bits per heavy atom. The number of rotatable bonds is 11. The summed E-state index contributed by atoms with van der Waals surface area (Å²) >= 11 is 1.22. The molecule has 45 heavy (non-hydrogen) atoms. The monoisotopic (exact) mass is 646 g/mol. The maximum absolute atomic E-state index is 14.2. The van der Waals surface area contributed by atoms with Gasteiger partial charge in [0.1, 0.15) is 23.2 Å². The number of hydrogen-bond donors (Lipinski definition) is 1. The zero-order valence-electron chi connectivity index (χ0n) is 24.4. The summed E-state index contributed by atoms with van der Waals surface area (Å²) in [5.74, 6) is -1.14. The van der Waals surface area contributed by atoms with E-state index in [4.69, 9.17) is 9.47 Å². The maximum atomic E-state index is 14.2. The lowest BCUT2D eigenvalue weighted by atomic mass is 9.95. The summed E-state index contributed by atoms with van der Waals surface area (Å²) in [4.78, 5) is 41.9. The first-order valence-corrected chi connectivity index (χ1v) is 16.3. The Morgan fingerprint density at radius 2 is 1.60 bits per heavy atom. The van der Waals surface area contributed by atoms with Crippen molar-refractivity contribution in [3.8, 4) is 5.75 Å². The molecular weight excluding hydrogens is 617 g/mol. The third kappa shape index (κ3) is 5.94. The molecule has 2 amide bonds. The van der Waals surface area contributed by atoms with E-state index in [-0.39, 0.29) is 12.4 Å². The SMILES string of the molecule is Cn1nnnc1SC[C@@]1(C)[C@H](C(=O)OC(c2ccccc2)c2ccccc2)N2C(=O)[C@@H](NC(=O)COc3ccccc3)[C@H]2S1=O. The van der Waals surface area contributed by atoms with Crippen LogP contribution in [-0.4, -0.2) is 81.7 Å².